The van der Waals surface area contributed by atoms with Crippen molar-refractivity contribution in [3.8, 4) is 0 Å². The molecule has 2 N–H and O–H groups in total. The molecule has 4 heteroatoms. The van der Waals surface area contributed by atoms with Gasteiger partial charge in [0.2, 0.25) is 0 Å². The van der Waals surface area contributed by atoms with E-state index >= 15 is 0 Å². The van der Waals surface area contributed by atoms with Crippen molar-refractivity contribution in [2.45, 2.75) is 12.5 Å². The van der Waals surface area contributed by atoms with E-state index in [2.05, 4.69) is 28.8 Å². The molecule has 0 saturated heterocycles. The molecule has 4 nitrogen and oxygen atoms in total. The fourth-order valence-electron chi connectivity index (χ4n) is 2.46. The second kappa shape index (κ2) is 5.28. The van der Waals surface area contributed by atoms with Crippen LogP contribution in [-0.4, -0.2) is 19.0 Å². The highest BCUT2D eigenvalue weighted by atomic mass is 16.3. The molecule has 0 bridgehead atoms. The normalized spacial score (nSPS) is 17.8. The van der Waals surface area contributed by atoms with E-state index in [0.29, 0.717) is 12.3 Å². The van der Waals surface area contributed by atoms with Gasteiger partial charge < -0.3 is 15.1 Å². The molecule has 98 valence electrons. The van der Waals surface area contributed by atoms with Crippen LogP contribution >= 0.6 is 0 Å². The Morgan fingerprint density at radius 2 is 2.21 bits per heavy atom. The van der Waals surface area contributed by atoms with Crippen molar-refractivity contribution in [1.82, 2.24) is 10.6 Å². The number of fused-ring (bicyclic) bond motifs is 1. The number of amides is 1. The van der Waals surface area contributed by atoms with Crippen LogP contribution in [0.2, 0.25) is 0 Å². The summed E-state index contributed by atoms with van der Waals surface area (Å²) < 4.78 is 5.07. The molecule has 1 atom stereocenters. The Morgan fingerprint density at radius 3 is 3.05 bits per heavy atom. The summed E-state index contributed by atoms with van der Waals surface area (Å²) in [5.74, 6) is 0.180. The number of furan rings is 1. The van der Waals surface area contributed by atoms with E-state index in [4.69, 9.17) is 4.42 Å². The molecular formula is C15H16N2O2. The van der Waals surface area contributed by atoms with Crippen molar-refractivity contribution in [3.05, 3.63) is 59.5 Å². The van der Waals surface area contributed by atoms with Crippen molar-refractivity contribution in [2.24, 2.45) is 0 Å². The van der Waals surface area contributed by atoms with Gasteiger partial charge in [-0.15, -0.1) is 0 Å². The van der Waals surface area contributed by atoms with E-state index in [9.17, 15) is 4.79 Å². The summed E-state index contributed by atoms with van der Waals surface area (Å²) in [4.78, 5) is 11.8. The number of carbonyl (C=O) groups excluding carboxylic acids is 1. The molecule has 1 aromatic carbocycles. The van der Waals surface area contributed by atoms with Crippen LogP contribution in [0.15, 0.2) is 47.1 Å². The first-order valence-electron chi connectivity index (χ1n) is 6.47. The van der Waals surface area contributed by atoms with E-state index in [1.165, 1.54) is 17.4 Å². The minimum atomic E-state index is -0.171. The number of hydrogen-bond acceptors (Lipinski definition) is 3. The van der Waals surface area contributed by atoms with Crippen LogP contribution in [0.3, 0.4) is 0 Å². The molecule has 0 spiro atoms. The van der Waals surface area contributed by atoms with E-state index in [0.717, 1.165) is 13.0 Å². The maximum atomic E-state index is 11.8. The molecule has 2 heterocycles. The van der Waals surface area contributed by atoms with Crippen LogP contribution in [0.5, 0.6) is 0 Å². The van der Waals surface area contributed by atoms with E-state index in [1.807, 2.05) is 6.07 Å². The van der Waals surface area contributed by atoms with Gasteiger partial charge in [0.05, 0.1) is 6.26 Å². The second-order valence-corrected chi connectivity index (χ2v) is 4.64. The van der Waals surface area contributed by atoms with Gasteiger partial charge in [-0.25, -0.2) is 0 Å². The number of benzene rings is 1. The first-order valence-corrected chi connectivity index (χ1v) is 6.47. The van der Waals surface area contributed by atoms with Gasteiger partial charge >= 0.3 is 0 Å². The second-order valence-electron chi connectivity index (χ2n) is 4.64. The summed E-state index contributed by atoms with van der Waals surface area (Å²) in [5, 5.41) is 6.33. The third-order valence-electron chi connectivity index (χ3n) is 3.43. The van der Waals surface area contributed by atoms with Crippen molar-refractivity contribution in [1.29, 1.82) is 0 Å². The zero-order chi connectivity index (χ0) is 13.1. The molecule has 1 aliphatic heterocycles. The molecule has 19 heavy (non-hydrogen) atoms. The van der Waals surface area contributed by atoms with Gasteiger partial charge in [0.25, 0.3) is 5.91 Å². The maximum absolute atomic E-state index is 11.8. The Bertz CT molecular complexity index is 563. The molecule has 1 aromatic heterocycles. The predicted molar refractivity (Wildman–Crippen MR) is 71.9 cm³/mol. The van der Waals surface area contributed by atoms with Crippen LogP contribution in [0, 0.1) is 0 Å². The van der Waals surface area contributed by atoms with Crippen LogP contribution in [-0.2, 0) is 6.42 Å². The highest BCUT2D eigenvalue weighted by molar-refractivity contribution is 5.91. The van der Waals surface area contributed by atoms with Gasteiger partial charge in [0, 0.05) is 12.6 Å². The van der Waals surface area contributed by atoms with Gasteiger partial charge in [-0.2, -0.15) is 0 Å². The fourth-order valence-corrected chi connectivity index (χ4v) is 2.46. The van der Waals surface area contributed by atoms with Crippen LogP contribution < -0.4 is 10.6 Å². The Labute approximate surface area is 111 Å². The number of carbonyl (C=O) groups is 1. The lowest BCUT2D eigenvalue weighted by atomic mass is 9.94. The predicted octanol–water partition coefficient (Wildman–Crippen LogP) is 1.90. The average Bonchev–Trinajstić information content (AvgIpc) is 2.99. The van der Waals surface area contributed by atoms with E-state index in [1.54, 1.807) is 12.1 Å². The monoisotopic (exact) mass is 256 g/mol. The lowest BCUT2D eigenvalue weighted by molar-refractivity contribution is 0.0921. The highest BCUT2D eigenvalue weighted by Crippen LogP contribution is 2.21. The topological polar surface area (TPSA) is 54.3 Å². The SMILES string of the molecule is O=C(NCC1NCCc2ccccc21)c1ccco1. The van der Waals surface area contributed by atoms with Gasteiger partial charge in [-0.1, -0.05) is 24.3 Å². The number of hydrogen-bond donors (Lipinski definition) is 2. The van der Waals surface area contributed by atoms with Crippen LogP contribution in [0.4, 0.5) is 0 Å². The lowest BCUT2D eigenvalue weighted by Crippen LogP contribution is -2.38. The summed E-state index contributed by atoms with van der Waals surface area (Å²) in [6, 6.07) is 11.9. The molecule has 0 fully saturated rings. The summed E-state index contributed by atoms with van der Waals surface area (Å²) in [6.07, 6.45) is 2.54. The number of nitrogens with one attached hydrogen (secondary N) is 2. The van der Waals surface area contributed by atoms with Gasteiger partial charge in [-0.05, 0) is 36.2 Å². The molecular weight excluding hydrogens is 240 g/mol. The molecule has 3 rings (SSSR count). The van der Waals surface area contributed by atoms with Gasteiger partial charge in [-0.3, -0.25) is 4.79 Å². The first-order chi connectivity index (χ1) is 9.34. The van der Waals surface area contributed by atoms with Crippen LogP contribution in [0.1, 0.15) is 27.7 Å². The quantitative estimate of drug-likeness (QED) is 0.881. The van der Waals surface area contributed by atoms with Gasteiger partial charge in [0.15, 0.2) is 5.76 Å². The Hall–Kier alpha value is -2.07. The minimum absolute atomic E-state index is 0.170. The van der Waals surface area contributed by atoms with E-state index in [-0.39, 0.29) is 11.9 Å². The van der Waals surface area contributed by atoms with E-state index < -0.39 is 0 Å². The summed E-state index contributed by atoms with van der Waals surface area (Å²) in [5.41, 5.74) is 2.63. The summed E-state index contributed by atoms with van der Waals surface area (Å²) in [6.45, 7) is 1.51. The number of rotatable bonds is 3. The Kier molecular flexibility index (Phi) is 3.33. The molecule has 1 aliphatic rings. The molecule has 0 radical (unpaired) electrons. The Balaban J connectivity index is 1.67. The molecule has 0 saturated carbocycles. The van der Waals surface area contributed by atoms with Crippen molar-refractivity contribution in [2.75, 3.05) is 13.1 Å². The summed E-state index contributed by atoms with van der Waals surface area (Å²) >= 11 is 0. The molecule has 1 amide bonds. The largest absolute Gasteiger partial charge is 0.459 e. The zero-order valence-electron chi connectivity index (χ0n) is 10.6. The lowest BCUT2D eigenvalue weighted by Gasteiger charge is -2.26. The van der Waals surface area contributed by atoms with Crippen molar-refractivity contribution >= 4 is 5.91 Å². The first kappa shape index (κ1) is 12.0. The smallest absolute Gasteiger partial charge is 0.287 e. The third-order valence-corrected chi connectivity index (χ3v) is 3.43. The molecule has 2 aromatic rings. The molecule has 0 aliphatic carbocycles. The highest BCUT2D eigenvalue weighted by Gasteiger charge is 2.20. The third kappa shape index (κ3) is 2.53. The average molecular weight is 256 g/mol. The minimum Gasteiger partial charge on any atom is -0.459 e. The standard InChI is InChI=1S/C15H16N2O2/c18-15(14-6-3-9-19-14)17-10-13-12-5-2-1-4-11(12)7-8-16-13/h1-6,9,13,16H,7-8,10H2,(H,17,18). The van der Waals surface area contributed by atoms with Crippen molar-refractivity contribution in [3.63, 3.8) is 0 Å². The van der Waals surface area contributed by atoms with Crippen molar-refractivity contribution < 1.29 is 9.21 Å². The van der Waals surface area contributed by atoms with Gasteiger partial charge in [0.1, 0.15) is 0 Å². The fraction of sp³-hybridized carbons (Fsp3) is 0.267. The Morgan fingerprint density at radius 1 is 1.32 bits per heavy atom. The molecule has 1 unspecified atom stereocenters. The van der Waals surface area contributed by atoms with Crippen LogP contribution in [0.25, 0.3) is 0 Å². The zero-order valence-corrected chi connectivity index (χ0v) is 10.6. The summed E-state index contributed by atoms with van der Waals surface area (Å²) in [7, 11) is 0. The maximum Gasteiger partial charge on any atom is 0.287 e.